The molecule has 6 aromatic heterocycles. The van der Waals surface area contributed by atoms with Gasteiger partial charge in [-0.3, -0.25) is 29.4 Å². The zero-order valence-corrected chi connectivity index (χ0v) is 44.0. The summed E-state index contributed by atoms with van der Waals surface area (Å²) in [5.41, 5.74) is 4.40. The summed E-state index contributed by atoms with van der Waals surface area (Å²) in [5, 5.41) is 36.2. The number of pyridine rings is 3. The summed E-state index contributed by atoms with van der Waals surface area (Å²) in [6, 6.07) is 48.9. The highest BCUT2D eigenvalue weighted by Crippen LogP contribution is 2.32. The van der Waals surface area contributed by atoms with Gasteiger partial charge in [-0.25, -0.2) is 0 Å². The van der Waals surface area contributed by atoms with E-state index in [-0.39, 0.29) is 5.88 Å². The number of rotatable bonds is 7. The first-order valence-corrected chi connectivity index (χ1v) is 25.1. The largest absolute Gasteiger partial charge is 0.488 e. The number of para-hydroxylation sites is 3. The van der Waals surface area contributed by atoms with Gasteiger partial charge in [0.25, 0.3) is 0 Å². The van der Waals surface area contributed by atoms with Crippen molar-refractivity contribution in [2.24, 2.45) is 0 Å². The van der Waals surface area contributed by atoms with E-state index in [2.05, 4.69) is 62.1 Å². The van der Waals surface area contributed by atoms with E-state index in [0.29, 0.717) is 39.8 Å². The summed E-state index contributed by atoms with van der Waals surface area (Å²) in [4.78, 5) is 10.2. The van der Waals surface area contributed by atoms with Crippen LogP contribution in [0, 0.1) is 0 Å². The van der Waals surface area contributed by atoms with Gasteiger partial charge in [0.05, 0.1) is 29.6 Å². The second-order valence-corrected chi connectivity index (χ2v) is 18.3. The van der Waals surface area contributed by atoms with Crippen molar-refractivity contribution in [3.05, 3.63) is 231 Å². The number of hydrogen-bond donors (Lipinski definition) is 3. The average molecular weight is 1220 g/mol. The maximum Gasteiger partial charge on any atom is 0.488 e. The fourth-order valence-corrected chi connectivity index (χ4v) is 8.31. The molecule has 11 rings (SSSR count). The average Bonchev–Trinajstić information content (AvgIpc) is 4.13. The maximum absolute atomic E-state index is 12.7. The third-order valence-corrected chi connectivity index (χ3v) is 12.5. The Morgan fingerprint density at radius 2 is 0.910 bits per heavy atom. The van der Waals surface area contributed by atoms with Gasteiger partial charge in [-0.05, 0) is 90.4 Å². The molecule has 0 aliphatic rings. The number of aromatic amines is 1. The lowest BCUT2D eigenvalue weighted by Crippen LogP contribution is -2.29. The molecule has 0 aliphatic carbocycles. The normalized spacial score (nSPS) is 11.4. The molecular formula is C54H40BBr2ClF9N9O2. The van der Waals surface area contributed by atoms with Crippen LogP contribution in [0.4, 0.5) is 39.5 Å². The molecule has 6 heterocycles. The summed E-state index contributed by atoms with van der Waals surface area (Å²) in [6.45, 7) is 0.704. The molecule has 0 aliphatic heterocycles. The standard InChI is InChI=1S/C20H14F3N3.C14H9BrF3N3.C7H5BrN2.C7H5ClF3N.C6H7BO2/c21-20(22,23)18-11-10-14(12-24-18)13-26-17-9-5-4-8-16(17)19(25-26)15-6-2-1-3-7-15;15-13-10-3-1-2-4-11(10)21(20-13)8-9-5-6-12(19-7-9)14(16,17)18;8-7-5-3-1-2-4-6(5)9-10-7;8-3-5-1-2-6(12-4-5)7(9,10)11;8-7(9)6-4-2-1-3-5-6/h1-12H,13H2;1-7H,8H2;1-4H,(H,9,10);1-2,4H,3H2;1-5,8-9H. The number of aromatic nitrogens is 9. The zero-order chi connectivity index (χ0) is 56.0. The first-order valence-electron chi connectivity index (χ1n) is 22.9. The van der Waals surface area contributed by atoms with Gasteiger partial charge in [0.1, 0.15) is 32.0 Å². The van der Waals surface area contributed by atoms with Crippen LogP contribution in [0.15, 0.2) is 198 Å². The van der Waals surface area contributed by atoms with E-state index >= 15 is 0 Å². The molecule has 0 radical (unpaired) electrons. The molecule has 11 aromatic rings. The fourth-order valence-electron chi connectivity index (χ4n) is 7.20. The van der Waals surface area contributed by atoms with Crippen LogP contribution < -0.4 is 5.46 Å². The summed E-state index contributed by atoms with van der Waals surface area (Å²) >= 11 is 12.1. The Balaban J connectivity index is 0.000000151. The molecule has 0 atom stereocenters. The van der Waals surface area contributed by atoms with E-state index in [1.165, 1.54) is 30.6 Å². The summed E-state index contributed by atoms with van der Waals surface area (Å²) in [5.74, 6) is 0.172. The van der Waals surface area contributed by atoms with Crippen molar-refractivity contribution in [1.82, 2.24) is 44.7 Å². The molecule has 400 valence electrons. The molecule has 0 saturated heterocycles. The van der Waals surface area contributed by atoms with Crippen molar-refractivity contribution in [1.29, 1.82) is 0 Å². The molecule has 0 amide bonds. The maximum atomic E-state index is 12.7. The van der Waals surface area contributed by atoms with Crippen LogP contribution in [-0.4, -0.2) is 61.9 Å². The Morgan fingerprint density at radius 3 is 1.36 bits per heavy atom. The van der Waals surface area contributed by atoms with Crippen molar-refractivity contribution in [2.75, 3.05) is 0 Å². The second-order valence-electron chi connectivity index (χ2n) is 16.5. The van der Waals surface area contributed by atoms with E-state index in [1.54, 1.807) is 33.6 Å². The van der Waals surface area contributed by atoms with Crippen LogP contribution in [0.2, 0.25) is 0 Å². The minimum Gasteiger partial charge on any atom is -0.423 e. The molecule has 0 bridgehead atoms. The van der Waals surface area contributed by atoms with Crippen LogP contribution in [0.5, 0.6) is 0 Å². The Kier molecular flexibility index (Phi) is 19.6. The highest BCUT2D eigenvalue weighted by atomic mass is 79.9. The lowest BCUT2D eigenvalue weighted by Gasteiger charge is -2.07. The highest BCUT2D eigenvalue weighted by Gasteiger charge is 2.33. The van der Waals surface area contributed by atoms with Gasteiger partial charge in [-0.2, -0.15) is 54.8 Å². The molecule has 78 heavy (non-hydrogen) atoms. The molecule has 0 fully saturated rings. The number of benzene rings is 5. The van der Waals surface area contributed by atoms with E-state index in [0.717, 1.165) is 73.0 Å². The number of halogens is 12. The number of alkyl halides is 10. The molecule has 5 aromatic carbocycles. The lowest BCUT2D eigenvalue weighted by molar-refractivity contribution is -0.142. The minimum absolute atomic E-state index is 0.172. The number of H-pyrrole nitrogens is 1. The molecular weight excluding hydrogens is 1180 g/mol. The van der Waals surface area contributed by atoms with Gasteiger partial charge in [-0.1, -0.05) is 133 Å². The lowest BCUT2D eigenvalue weighted by atomic mass is 9.81. The minimum atomic E-state index is -4.43. The van der Waals surface area contributed by atoms with E-state index in [4.69, 9.17) is 26.7 Å². The van der Waals surface area contributed by atoms with Crippen molar-refractivity contribution >= 4 is 88.8 Å². The smallest absolute Gasteiger partial charge is 0.423 e. The van der Waals surface area contributed by atoms with Gasteiger partial charge < -0.3 is 10.0 Å². The summed E-state index contributed by atoms with van der Waals surface area (Å²) < 4.78 is 116. The Hall–Kier alpha value is -7.44. The zero-order valence-electron chi connectivity index (χ0n) is 40.1. The van der Waals surface area contributed by atoms with Gasteiger partial charge in [0.2, 0.25) is 0 Å². The molecule has 11 nitrogen and oxygen atoms in total. The van der Waals surface area contributed by atoms with Gasteiger partial charge in [0, 0.05) is 46.2 Å². The first-order chi connectivity index (χ1) is 37.2. The van der Waals surface area contributed by atoms with E-state index in [9.17, 15) is 39.5 Å². The van der Waals surface area contributed by atoms with Crippen molar-refractivity contribution in [2.45, 2.75) is 37.5 Å². The predicted octanol–water partition coefficient (Wildman–Crippen LogP) is 14.0. The van der Waals surface area contributed by atoms with Crippen LogP contribution >= 0.6 is 43.5 Å². The molecule has 0 spiro atoms. The monoisotopic (exact) mass is 1220 g/mol. The van der Waals surface area contributed by atoms with Crippen molar-refractivity contribution in [3.63, 3.8) is 0 Å². The predicted molar refractivity (Wildman–Crippen MR) is 288 cm³/mol. The van der Waals surface area contributed by atoms with Gasteiger partial charge >= 0.3 is 25.6 Å². The number of nitrogens with zero attached hydrogens (tertiary/aromatic N) is 8. The van der Waals surface area contributed by atoms with Crippen LogP contribution in [0.3, 0.4) is 0 Å². The molecule has 0 unspecified atom stereocenters. The number of fused-ring (bicyclic) bond motifs is 3. The Bertz CT molecular complexity index is 3640. The van der Waals surface area contributed by atoms with Crippen molar-refractivity contribution in [3.8, 4) is 11.3 Å². The fraction of sp³-hybridized carbons (Fsp3) is 0.111. The summed E-state index contributed by atoms with van der Waals surface area (Å²) in [7, 11) is -1.34. The quantitative estimate of drug-likeness (QED) is 0.0813. The topological polar surface area (TPSA) is 143 Å². The Morgan fingerprint density at radius 1 is 0.487 bits per heavy atom. The second kappa shape index (κ2) is 26.3. The van der Waals surface area contributed by atoms with Gasteiger partial charge in [-0.15, -0.1) is 11.6 Å². The molecule has 24 heteroatoms. The molecule has 0 saturated carbocycles. The third kappa shape index (κ3) is 15.8. The van der Waals surface area contributed by atoms with E-state index < -0.39 is 42.7 Å². The number of hydrogen-bond acceptors (Lipinski definition) is 8. The van der Waals surface area contributed by atoms with Crippen molar-refractivity contribution < 1.29 is 49.6 Å². The number of nitrogens with one attached hydrogen (secondary N) is 1. The van der Waals surface area contributed by atoms with Crippen LogP contribution in [0.25, 0.3) is 44.0 Å². The van der Waals surface area contributed by atoms with Crippen LogP contribution in [-0.2, 0) is 37.5 Å². The third-order valence-electron chi connectivity index (χ3n) is 11.0. The Labute approximate surface area is 460 Å². The highest BCUT2D eigenvalue weighted by molar-refractivity contribution is 9.10. The molecule has 3 N–H and O–H groups in total. The van der Waals surface area contributed by atoms with Gasteiger partial charge in [0.15, 0.2) is 0 Å². The first kappa shape index (κ1) is 58.3. The summed E-state index contributed by atoms with van der Waals surface area (Å²) in [6.07, 6.45) is -9.62. The van der Waals surface area contributed by atoms with Crippen LogP contribution in [0.1, 0.15) is 33.8 Å². The van der Waals surface area contributed by atoms with E-state index in [1.807, 2.05) is 109 Å². The SMILES string of the molecule is Brc1[nH]nc2ccccc12.FC(F)(F)c1ccc(CCl)cn1.FC(F)(F)c1ccc(Cn2nc(-c3ccccc3)c3ccccc32)cn1.FC(F)(F)c1ccc(Cn2nc(Br)c3ccccc32)cn1.OB(O)c1ccccc1.